The van der Waals surface area contributed by atoms with Crippen molar-refractivity contribution in [2.75, 3.05) is 6.61 Å². The maximum absolute atomic E-state index is 13.7. The summed E-state index contributed by atoms with van der Waals surface area (Å²) in [7, 11) is 0. The predicted molar refractivity (Wildman–Crippen MR) is 64.2 cm³/mol. The van der Waals surface area contributed by atoms with E-state index in [1.54, 1.807) is 12.1 Å². The summed E-state index contributed by atoms with van der Waals surface area (Å²) in [5.74, 6) is -0.992. The number of nitrogens with one attached hydrogen (secondary N) is 1. The van der Waals surface area contributed by atoms with Crippen LogP contribution in [0.3, 0.4) is 0 Å². The normalized spacial score (nSPS) is 12.6. The summed E-state index contributed by atoms with van der Waals surface area (Å²) in [5.41, 5.74) is 0.367. The lowest BCUT2D eigenvalue weighted by atomic mass is 9.95. The molecule has 1 atom stereocenters. The van der Waals surface area contributed by atoms with Crippen LogP contribution in [-0.2, 0) is 4.79 Å². The van der Waals surface area contributed by atoms with Crippen molar-refractivity contribution in [1.82, 2.24) is 5.32 Å². The number of carbonyl (C=O) groups excluding carboxylic acids is 1. The van der Waals surface area contributed by atoms with Gasteiger partial charge in [0, 0.05) is 10.6 Å². The van der Waals surface area contributed by atoms with E-state index in [0.717, 1.165) is 0 Å². The third-order valence-electron chi connectivity index (χ3n) is 2.42. The molecule has 0 unspecified atom stereocenters. The summed E-state index contributed by atoms with van der Waals surface area (Å²) >= 11 is 5.67. The number of halogens is 2. The van der Waals surface area contributed by atoms with Crippen molar-refractivity contribution in [3.8, 4) is 0 Å². The van der Waals surface area contributed by atoms with Crippen LogP contribution in [-0.4, -0.2) is 17.6 Å². The molecule has 0 aliphatic carbocycles. The number of aliphatic hydroxyl groups is 1. The topological polar surface area (TPSA) is 49.3 Å². The fourth-order valence-electron chi connectivity index (χ4n) is 1.58. The standard InChI is InChI=1S/C12H15ClFNO2/c1-7(2)12(15-11(17)6-16)9-4-3-8(13)5-10(9)14/h3-5,7,12,16H,6H2,1-2H3,(H,15,17)/t12-/m1/s1. The van der Waals surface area contributed by atoms with Crippen molar-refractivity contribution in [3.63, 3.8) is 0 Å². The maximum atomic E-state index is 13.7. The fraction of sp³-hybridized carbons (Fsp3) is 0.417. The third kappa shape index (κ3) is 3.68. The number of aliphatic hydroxyl groups excluding tert-OH is 1. The van der Waals surface area contributed by atoms with Crippen molar-refractivity contribution in [1.29, 1.82) is 0 Å². The van der Waals surface area contributed by atoms with Gasteiger partial charge in [-0.05, 0) is 18.1 Å². The molecule has 0 aliphatic rings. The average molecular weight is 260 g/mol. The van der Waals surface area contributed by atoms with Crippen LogP contribution in [0.1, 0.15) is 25.5 Å². The molecule has 0 aromatic heterocycles. The Morgan fingerprint density at radius 3 is 2.65 bits per heavy atom. The summed E-state index contributed by atoms with van der Waals surface area (Å²) in [6, 6.07) is 3.84. The van der Waals surface area contributed by atoms with E-state index in [4.69, 9.17) is 16.7 Å². The van der Waals surface area contributed by atoms with Gasteiger partial charge < -0.3 is 10.4 Å². The van der Waals surface area contributed by atoms with Gasteiger partial charge in [0.05, 0.1) is 6.04 Å². The Labute approximate surface area is 105 Å². The zero-order valence-corrected chi connectivity index (χ0v) is 10.5. The lowest BCUT2D eigenvalue weighted by Crippen LogP contribution is -2.34. The van der Waals surface area contributed by atoms with E-state index in [0.29, 0.717) is 10.6 Å². The predicted octanol–water partition coefficient (Wildman–Crippen LogP) is 2.28. The monoisotopic (exact) mass is 259 g/mol. The zero-order chi connectivity index (χ0) is 13.0. The molecule has 0 radical (unpaired) electrons. The summed E-state index contributed by atoms with van der Waals surface area (Å²) < 4.78 is 13.7. The lowest BCUT2D eigenvalue weighted by Gasteiger charge is -2.23. The summed E-state index contributed by atoms with van der Waals surface area (Å²) in [6.45, 7) is 3.10. The van der Waals surface area contributed by atoms with Gasteiger partial charge in [-0.15, -0.1) is 0 Å². The average Bonchev–Trinajstić information content (AvgIpc) is 2.26. The van der Waals surface area contributed by atoms with Crippen LogP contribution in [0.15, 0.2) is 18.2 Å². The minimum atomic E-state index is -0.613. The number of amides is 1. The third-order valence-corrected chi connectivity index (χ3v) is 2.66. The Morgan fingerprint density at radius 2 is 2.18 bits per heavy atom. The minimum Gasteiger partial charge on any atom is -0.387 e. The van der Waals surface area contributed by atoms with Gasteiger partial charge in [-0.3, -0.25) is 4.79 Å². The van der Waals surface area contributed by atoms with Gasteiger partial charge in [-0.2, -0.15) is 0 Å². The molecule has 1 rings (SSSR count). The molecule has 0 bridgehead atoms. The van der Waals surface area contributed by atoms with Crippen molar-refractivity contribution < 1.29 is 14.3 Å². The molecule has 1 aromatic carbocycles. The van der Waals surface area contributed by atoms with Gasteiger partial charge in [0.15, 0.2) is 0 Å². The smallest absolute Gasteiger partial charge is 0.246 e. The molecular weight excluding hydrogens is 245 g/mol. The number of rotatable bonds is 4. The second-order valence-electron chi connectivity index (χ2n) is 4.11. The Kier molecular flexibility index (Phi) is 4.90. The molecule has 94 valence electrons. The van der Waals surface area contributed by atoms with Gasteiger partial charge in [-0.1, -0.05) is 31.5 Å². The second-order valence-corrected chi connectivity index (χ2v) is 4.55. The molecule has 1 amide bonds. The fourth-order valence-corrected chi connectivity index (χ4v) is 1.74. The van der Waals surface area contributed by atoms with E-state index in [2.05, 4.69) is 5.32 Å². The van der Waals surface area contributed by atoms with E-state index < -0.39 is 24.4 Å². The van der Waals surface area contributed by atoms with Crippen LogP contribution < -0.4 is 5.32 Å². The van der Waals surface area contributed by atoms with Crippen molar-refractivity contribution in [3.05, 3.63) is 34.6 Å². The van der Waals surface area contributed by atoms with E-state index in [-0.39, 0.29) is 5.92 Å². The Morgan fingerprint density at radius 1 is 1.53 bits per heavy atom. The molecule has 0 fully saturated rings. The Hall–Kier alpha value is -1.13. The number of hydrogen-bond donors (Lipinski definition) is 2. The summed E-state index contributed by atoms with van der Waals surface area (Å²) in [6.07, 6.45) is 0. The molecular formula is C12H15ClFNO2. The first-order chi connectivity index (χ1) is 7.95. The van der Waals surface area contributed by atoms with Crippen molar-refractivity contribution >= 4 is 17.5 Å². The molecule has 0 heterocycles. The minimum absolute atomic E-state index is 0.00109. The first-order valence-electron chi connectivity index (χ1n) is 5.31. The molecule has 3 nitrogen and oxygen atoms in total. The van der Waals surface area contributed by atoms with E-state index in [1.807, 2.05) is 13.8 Å². The number of hydrogen-bond acceptors (Lipinski definition) is 2. The quantitative estimate of drug-likeness (QED) is 0.872. The van der Waals surface area contributed by atoms with E-state index in [1.165, 1.54) is 6.07 Å². The van der Waals surface area contributed by atoms with Gasteiger partial charge in [0.2, 0.25) is 5.91 Å². The van der Waals surface area contributed by atoms with Crippen LogP contribution in [0.2, 0.25) is 5.02 Å². The van der Waals surface area contributed by atoms with Crippen molar-refractivity contribution in [2.45, 2.75) is 19.9 Å². The van der Waals surface area contributed by atoms with Gasteiger partial charge in [-0.25, -0.2) is 4.39 Å². The largest absolute Gasteiger partial charge is 0.387 e. The highest BCUT2D eigenvalue weighted by Crippen LogP contribution is 2.26. The highest BCUT2D eigenvalue weighted by atomic mass is 35.5. The molecule has 17 heavy (non-hydrogen) atoms. The SMILES string of the molecule is CC(C)[C@@H](NC(=O)CO)c1ccc(Cl)cc1F. The maximum Gasteiger partial charge on any atom is 0.246 e. The Balaban J connectivity index is 3.01. The van der Waals surface area contributed by atoms with Crippen LogP contribution in [0, 0.1) is 11.7 Å². The van der Waals surface area contributed by atoms with Gasteiger partial charge in [0.25, 0.3) is 0 Å². The van der Waals surface area contributed by atoms with Crippen LogP contribution in [0.5, 0.6) is 0 Å². The van der Waals surface area contributed by atoms with E-state index in [9.17, 15) is 9.18 Å². The molecule has 2 N–H and O–H groups in total. The summed E-state index contributed by atoms with van der Waals surface area (Å²) in [4.78, 5) is 11.2. The molecule has 5 heteroatoms. The van der Waals surface area contributed by atoms with Crippen molar-refractivity contribution in [2.24, 2.45) is 5.92 Å². The molecule has 0 saturated heterocycles. The molecule has 1 aromatic rings. The van der Waals surface area contributed by atoms with E-state index >= 15 is 0 Å². The highest BCUT2D eigenvalue weighted by Gasteiger charge is 2.21. The zero-order valence-electron chi connectivity index (χ0n) is 9.71. The Bertz CT molecular complexity index is 409. The molecule has 0 aliphatic heterocycles. The number of benzene rings is 1. The van der Waals surface area contributed by atoms with Gasteiger partial charge in [0.1, 0.15) is 12.4 Å². The highest BCUT2D eigenvalue weighted by molar-refractivity contribution is 6.30. The second kappa shape index (κ2) is 5.98. The summed E-state index contributed by atoms with van der Waals surface area (Å²) in [5, 5.41) is 11.6. The van der Waals surface area contributed by atoms with Crippen LogP contribution in [0.25, 0.3) is 0 Å². The van der Waals surface area contributed by atoms with Gasteiger partial charge >= 0.3 is 0 Å². The molecule has 0 spiro atoms. The molecule has 0 saturated carbocycles. The van der Waals surface area contributed by atoms with Crippen LogP contribution >= 0.6 is 11.6 Å². The first-order valence-corrected chi connectivity index (χ1v) is 5.68. The number of carbonyl (C=O) groups is 1. The van der Waals surface area contributed by atoms with Crippen LogP contribution in [0.4, 0.5) is 4.39 Å². The lowest BCUT2D eigenvalue weighted by molar-refractivity contribution is -0.124. The first kappa shape index (κ1) is 13.9.